The fourth-order valence-electron chi connectivity index (χ4n) is 2.29. The second-order valence-corrected chi connectivity index (χ2v) is 5.44. The van der Waals surface area contributed by atoms with Gasteiger partial charge in [0.05, 0.1) is 4.92 Å². The number of nitro groups is 1. The zero-order chi connectivity index (χ0) is 14.7. The highest BCUT2D eigenvalue weighted by molar-refractivity contribution is 6.31. The maximum atomic E-state index is 12.2. The van der Waals surface area contributed by atoms with Gasteiger partial charge in [0.15, 0.2) is 0 Å². The summed E-state index contributed by atoms with van der Waals surface area (Å²) in [5, 5.41) is 17.1. The average Bonchev–Trinajstić information content (AvgIpc) is 2.40. The van der Waals surface area contributed by atoms with Gasteiger partial charge < -0.3 is 10.6 Å². The second-order valence-electron chi connectivity index (χ2n) is 5.01. The highest BCUT2D eigenvalue weighted by Gasteiger charge is 2.24. The summed E-state index contributed by atoms with van der Waals surface area (Å²) in [7, 11) is 0. The molecule has 20 heavy (non-hydrogen) atoms. The topological polar surface area (TPSA) is 84.3 Å². The van der Waals surface area contributed by atoms with Gasteiger partial charge in [0.2, 0.25) is 0 Å². The van der Waals surface area contributed by atoms with Crippen LogP contribution in [0.3, 0.4) is 0 Å². The molecule has 0 aromatic heterocycles. The Hall–Kier alpha value is -1.66. The number of nitro benzene ring substituents is 1. The van der Waals surface area contributed by atoms with Crippen molar-refractivity contribution in [1.82, 2.24) is 10.6 Å². The molecule has 2 N–H and O–H groups in total. The number of benzene rings is 1. The van der Waals surface area contributed by atoms with E-state index in [4.69, 9.17) is 11.6 Å². The van der Waals surface area contributed by atoms with E-state index >= 15 is 0 Å². The van der Waals surface area contributed by atoms with Crippen molar-refractivity contribution in [3.8, 4) is 0 Å². The third-order valence-electron chi connectivity index (χ3n) is 3.46. The summed E-state index contributed by atoms with van der Waals surface area (Å²) in [6, 6.07) is 3.98. The van der Waals surface area contributed by atoms with Gasteiger partial charge in [-0.1, -0.05) is 18.5 Å². The van der Waals surface area contributed by atoms with Crippen LogP contribution in [0.15, 0.2) is 18.2 Å². The number of rotatable bonds is 3. The quantitative estimate of drug-likeness (QED) is 0.660. The molecule has 0 radical (unpaired) electrons. The normalized spacial score (nSPS) is 22.3. The van der Waals surface area contributed by atoms with E-state index in [0.717, 1.165) is 19.5 Å². The predicted octanol–water partition coefficient (Wildman–Crippen LogP) is 1.98. The van der Waals surface area contributed by atoms with Gasteiger partial charge in [-0.05, 0) is 31.5 Å². The third-order valence-corrected chi connectivity index (χ3v) is 3.68. The molecule has 1 amide bonds. The molecule has 0 bridgehead atoms. The van der Waals surface area contributed by atoms with E-state index in [-0.39, 0.29) is 28.2 Å². The number of carbonyl (C=O) groups excluding carboxylic acids is 1. The van der Waals surface area contributed by atoms with Crippen molar-refractivity contribution in [2.45, 2.75) is 19.4 Å². The number of piperidine rings is 1. The summed E-state index contributed by atoms with van der Waals surface area (Å²) in [6.07, 6.45) is 0.843. The average molecular weight is 298 g/mol. The van der Waals surface area contributed by atoms with Gasteiger partial charge in [0.25, 0.3) is 11.6 Å². The molecule has 6 nitrogen and oxygen atoms in total. The molecule has 1 aromatic carbocycles. The highest BCUT2D eigenvalue weighted by Crippen LogP contribution is 2.21. The lowest BCUT2D eigenvalue weighted by Gasteiger charge is -2.30. The third kappa shape index (κ3) is 3.46. The van der Waals surface area contributed by atoms with Crippen molar-refractivity contribution >= 4 is 23.2 Å². The van der Waals surface area contributed by atoms with Crippen LogP contribution in [0.25, 0.3) is 0 Å². The molecule has 1 aliphatic heterocycles. The first-order valence-corrected chi connectivity index (χ1v) is 6.81. The van der Waals surface area contributed by atoms with Gasteiger partial charge in [-0.25, -0.2) is 0 Å². The number of nitrogens with zero attached hydrogens (tertiary/aromatic N) is 1. The van der Waals surface area contributed by atoms with Crippen LogP contribution in [0.5, 0.6) is 0 Å². The number of amides is 1. The molecule has 1 heterocycles. The minimum atomic E-state index is -0.560. The lowest BCUT2D eigenvalue weighted by atomic mass is 9.95. The molecule has 1 fully saturated rings. The number of hydrogen-bond donors (Lipinski definition) is 2. The first-order valence-electron chi connectivity index (χ1n) is 6.44. The maximum absolute atomic E-state index is 12.2. The SMILES string of the molecule is CC1CNCCC1NC(=O)c1cc(Cl)cc([N+](=O)[O-])c1. The van der Waals surface area contributed by atoms with E-state index in [1.807, 2.05) is 0 Å². The lowest BCUT2D eigenvalue weighted by Crippen LogP contribution is -2.48. The van der Waals surface area contributed by atoms with E-state index in [0.29, 0.717) is 5.92 Å². The zero-order valence-electron chi connectivity index (χ0n) is 11.1. The molecule has 0 aliphatic carbocycles. The van der Waals surface area contributed by atoms with Crippen molar-refractivity contribution in [2.75, 3.05) is 13.1 Å². The Labute approximate surface area is 121 Å². The Kier molecular flexibility index (Phi) is 4.57. The van der Waals surface area contributed by atoms with E-state index in [2.05, 4.69) is 17.6 Å². The summed E-state index contributed by atoms with van der Waals surface area (Å²) in [6.45, 7) is 3.75. The zero-order valence-corrected chi connectivity index (χ0v) is 11.8. The van der Waals surface area contributed by atoms with Crippen molar-refractivity contribution in [2.24, 2.45) is 5.92 Å². The number of nitrogens with one attached hydrogen (secondary N) is 2. The highest BCUT2D eigenvalue weighted by atomic mass is 35.5. The standard InChI is InChI=1S/C13H16ClN3O3/c1-8-7-15-3-2-12(8)16-13(18)9-4-10(14)6-11(5-9)17(19)20/h4-6,8,12,15H,2-3,7H2,1H3,(H,16,18). The van der Waals surface area contributed by atoms with Gasteiger partial charge in [-0.15, -0.1) is 0 Å². The van der Waals surface area contributed by atoms with Gasteiger partial charge in [-0.2, -0.15) is 0 Å². The van der Waals surface area contributed by atoms with Crippen LogP contribution < -0.4 is 10.6 Å². The molecule has 0 spiro atoms. The molecule has 2 atom stereocenters. The molecule has 0 saturated carbocycles. The van der Waals surface area contributed by atoms with Gasteiger partial charge in [0, 0.05) is 28.8 Å². The molecule has 1 saturated heterocycles. The van der Waals surface area contributed by atoms with Crippen LogP contribution in [0.4, 0.5) is 5.69 Å². The van der Waals surface area contributed by atoms with Gasteiger partial charge in [0.1, 0.15) is 0 Å². The fraction of sp³-hybridized carbons (Fsp3) is 0.462. The number of non-ortho nitro benzene ring substituents is 1. The van der Waals surface area contributed by atoms with Crippen LogP contribution in [-0.4, -0.2) is 30.0 Å². The van der Waals surface area contributed by atoms with Crippen LogP contribution in [0, 0.1) is 16.0 Å². The smallest absolute Gasteiger partial charge is 0.271 e. The van der Waals surface area contributed by atoms with Crippen molar-refractivity contribution in [3.63, 3.8) is 0 Å². The molecule has 2 unspecified atom stereocenters. The summed E-state index contributed by atoms with van der Waals surface area (Å²) in [4.78, 5) is 22.4. The Morgan fingerprint density at radius 3 is 2.90 bits per heavy atom. The first kappa shape index (κ1) is 14.7. The second kappa shape index (κ2) is 6.19. The number of hydrogen-bond acceptors (Lipinski definition) is 4. The first-order chi connectivity index (χ1) is 9.47. The van der Waals surface area contributed by atoms with Crippen molar-refractivity contribution < 1.29 is 9.72 Å². The molecule has 7 heteroatoms. The Balaban J connectivity index is 2.14. The predicted molar refractivity (Wildman–Crippen MR) is 76.0 cm³/mol. The van der Waals surface area contributed by atoms with Crippen LogP contribution in [0.2, 0.25) is 5.02 Å². The molecule has 1 aromatic rings. The van der Waals surface area contributed by atoms with Crippen molar-refractivity contribution in [3.05, 3.63) is 38.9 Å². The van der Waals surface area contributed by atoms with Crippen LogP contribution in [0.1, 0.15) is 23.7 Å². The monoisotopic (exact) mass is 297 g/mol. The summed E-state index contributed by atoms with van der Waals surface area (Å²) in [5.74, 6) is -0.00350. The summed E-state index contributed by atoms with van der Waals surface area (Å²) >= 11 is 5.82. The van der Waals surface area contributed by atoms with Crippen LogP contribution in [-0.2, 0) is 0 Å². The Morgan fingerprint density at radius 2 is 2.25 bits per heavy atom. The van der Waals surface area contributed by atoms with Gasteiger partial charge >= 0.3 is 0 Å². The fourth-order valence-corrected chi connectivity index (χ4v) is 2.52. The van der Waals surface area contributed by atoms with E-state index in [9.17, 15) is 14.9 Å². The maximum Gasteiger partial charge on any atom is 0.271 e. The number of halogens is 1. The Bertz CT molecular complexity index is 536. The molecule has 2 rings (SSSR count). The molecule has 1 aliphatic rings. The largest absolute Gasteiger partial charge is 0.349 e. The summed E-state index contributed by atoms with van der Waals surface area (Å²) in [5.41, 5.74) is 0.0379. The molecular weight excluding hydrogens is 282 g/mol. The van der Waals surface area contributed by atoms with E-state index in [1.54, 1.807) is 0 Å². The number of carbonyl (C=O) groups is 1. The van der Waals surface area contributed by atoms with E-state index in [1.165, 1.54) is 18.2 Å². The van der Waals surface area contributed by atoms with Crippen molar-refractivity contribution in [1.29, 1.82) is 0 Å². The Morgan fingerprint density at radius 1 is 1.50 bits per heavy atom. The molecular formula is C13H16ClN3O3. The minimum absolute atomic E-state index is 0.0711. The van der Waals surface area contributed by atoms with Gasteiger partial charge in [-0.3, -0.25) is 14.9 Å². The van der Waals surface area contributed by atoms with Crippen LogP contribution >= 0.6 is 11.6 Å². The summed E-state index contributed by atoms with van der Waals surface area (Å²) < 4.78 is 0. The lowest BCUT2D eigenvalue weighted by molar-refractivity contribution is -0.384. The van der Waals surface area contributed by atoms with E-state index < -0.39 is 4.92 Å². The molecule has 108 valence electrons. The minimum Gasteiger partial charge on any atom is -0.349 e.